The van der Waals surface area contributed by atoms with E-state index in [9.17, 15) is 4.79 Å². The van der Waals surface area contributed by atoms with Crippen molar-refractivity contribution >= 4 is 21.9 Å². The molecule has 0 saturated carbocycles. The zero-order valence-corrected chi connectivity index (χ0v) is 13.8. The summed E-state index contributed by atoms with van der Waals surface area (Å²) in [4.78, 5) is 13.7. The Morgan fingerprint density at radius 1 is 1.53 bits per heavy atom. The second-order valence-corrected chi connectivity index (χ2v) is 5.57. The number of nitrogens with zero attached hydrogens (tertiary/aromatic N) is 3. The van der Waals surface area contributed by atoms with Crippen LogP contribution in [0.2, 0.25) is 0 Å². The maximum absolute atomic E-state index is 11.6. The Morgan fingerprint density at radius 3 is 2.58 bits per heavy atom. The van der Waals surface area contributed by atoms with Gasteiger partial charge in [0.15, 0.2) is 0 Å². The van der Waals surface area contributed by atoms with Gasteiger partial charge in [0.25, 0.3) is 0 Å². The Morgan fingerprint density at radius 2 is 2.16 bits per heavy atom. The lowest BCUT2D eigenvalue weighted by Gasteiger charge is -2.25. The van der Waals surface area contributed by atoms with Crippen molar-refractivity contribution in [2.24, 2.45) is 7.05 Å². The summed E-state index contributed by atoms with van der Waals surface area (Å²) in [5, 5.41) is 4.37. The first-order chi connectivity index (χ1) is 8.86. The summed E-state index contributed by atoms with van der Waals surface area (Å²) in [5.41, 5.74) is 2.02. The molecule has 0 saturated heterocycles. The predicted octanol–water partition coefficient (Wildman–Crippen LogP) is 2.26. The standard InChI is InChI=1S/C13H22BrN3O2/c1-6-19-12(18)8-17(9(2)3)7-11-13(14)10(4)15-16(11)5/h9H,6-8H2,1-5H3. The van der Waals surface area contributed by atoms with E-state index in [4.69, 9.17) is 4.74 Å². The Bertz CT molecular complexity index is 443. The first kappa shape index (κ1) is 16.2. The summed E-state index contributed by atoms with van der Waals surface area (Å²) in [7, 11) is 1.91. The summed E-state index contributed by atoms with van der Waals surface area (Å²) >= 11 is 3.55. The average molecular weight is 332 g/mol. The van der Waals surface area contributed by atoms with Gasteiger partial charge in [-0.15, -0.1) is 0 Å². The van der Waals surface area contributed by atoms with Crippen LogP contribution >= 0.6 is 15.9 Å². The highest BCUT2D eigenvalue weighted by Crippen LogP contribution is 2.22. The lowest BCUT2D eigenvalue weighted by atomic mass is 10.2. The third kappa shape index (κ3) is 4.31. The fourth-order valence-electron chi connectivity index (χ4n) is 1.84. The topological polar surface area (TPSA) is 47.4 Å². The second-order valence-electron chi connectivity index (χ2n) is 4.77. The van der Waals surface area contributed by atoms with Crippen LogP contribution in [-0.4, -0.2) is 39.8 Å². The Balaban J connectivity index is 2.81. The molecule has 108 valence electrons. The van der Waals surface area contributed by atoms with E-state index in [0.29, 0.717) is 19.7 Å². The van der Waals surface area contributed by atoms with Gasteiger partial charge in [-0.3, -0.25) is 14.4 Å². The van der Waals surface area contributed by atoms with Gasteiger partial charge >= 0.3 is 5.97 Å². The van der Waals surface area contributed by atoms with E-state index < -0.39 is 0 Å². The summed E-state index contributed by atoms with van der Waals surface area (Å²) < 4.78 is 7.86. The van der Waals surface area contributed by atoms with Crippen LogP contribution in [-0.2, 0) is 23.1 Å². The number of aryl methyl sites for hydroxylation is 2. The number of carbonyl (C=O) groups is 1. The number of aromatic nitrogens is 2. The summed E-state index contributed by atoms with van der Waals surface area (Å²) in [5.74, 6) is -0.189. The molecule has 1 aromatic rings. The monoisotopic (exact) mass is 331 g/mol. The molecule has 1 heterocycles. The molecule has 1 rings (SSSR count). The number of rotatable bonds is 6. The molecule has 0 aliphatic carbocycles. The molecule has 0 aliphatic rings. The molecule has 0 aliphatic heterocycles. The van der Waals surface area contributed by atoms with E-state index >= 15 is 0 Å². The minimum Gasteiger partial charge on any atom is -0.465 e. The van der Waals surface area contributed by atoms with Gasteiger partial charge in [-0.05, 0) is 43.6 Å². The Labute approximate surface area is 123 Å². The molecule has 0 unspecified atom stereocenters. The van der Waals surface area contributed by atoms with E-state index in [1.165, 1.54) is 0 Å². The van der Waals surface area contributed by atoms with E-state index in [0.717, 1.165) is 15.9 Å². The zero-order chi connectivity index (χ0) is 14.6. The highest BCUT2D eigenvalue weighted by Gasteiger charge is 2.19. The molecular formula is C13H22BrN3O2. The molecular weight excluding hydrogens is 310 g/mol. The zero-order valence-electron chi connectivity index (χ0n) is 12.2. The minimum atomic E-state index is -0.189. The van der Waals surface area contributed by atoms with Gasteiger partial charge in [0.1, 0.15) is 0 Å². The van der Waals surface area contributed by atoms with Crippen molar-refractivity contribution in [3.8, 4) is 0 Å². The quantitative estimate of drug-likeness (QED) is 0.750. The number of hydrogen-bond donors (Lipinski definition) is 0. The van der Waals surface area contributed by atoms with Crippen molar-refractivity contribution in [2.75, 3.05) is 13.2 Å². The van der Waals surface area contributed by atoms with Gasteiger partial charge in [-0.25, -0.2) is 0 Å². The maximum Gasteiger partial charge on any atom is 0.320 e. The maximum atomic E-state index is 11.6. The van der Waals surface area contributed by atoms with Gasteiger partial charge < -0.3 is 4.74 Å². The van der Waals surface area contributed by atoms with Crippen LogP contribution in [0.4, 0.5) is 0 Å². The van der Waals surface area contributed by atoms with Gasteiger partial charge in [-0.1, -0.05) is 0 Å². The van der Waals surface area contributed by atoms with Crippen LogP contribution in [0, 0.1) is 6.92 Å². The molecule has 0 spiro atoms. The molecule has 19 heavy (non-hydrogen) atoms. The average Bonchev–Trinajstić information content (AvgIpc) is 2.55. The van der Waals surface area contributed by atoms with Gasteiger partial charge in [0.05, 0.1) is 29.0 Å². The van der Waals surface area contributed by atoms with Gasteiger partial charge in [0, 0.05) is 19.6 Å². The Kier molecular flexibility index (Phi) is 6.00. The van der Waals surface area contributed by atoms with Crippen LogP contribution in [0.1, 0.15) is 32.2 Å². The number of carbonyl (C=O) groups excluding carboxylic acids is 1. The van der Waals surface area contributed by atoms with E-state index in [2.05, 4.69) is 39.8 Å². The fraction of sp³-hybridized carbons (Fsp3) is 0.692. The van der Waals surface area contributed by atoms with Crippen LogP contribution in [0.3, 0.4) is 0 Å². The SMILES string of the molecule is CCOC(=O)CN(Cc1c(Br)c(C)nn1C)C(C)C. The predicted molar refractivity (Wildman–Crippen MR) is 77.8 cm³/mol. The van der Waals surface area contributed by atoms with Crippen LogP contribution in [0.15, 0.2) is 4.47 Å². The first-order valence-electron chi connectivity index (χ1n) is 6.44. The van der Waals surface area contributed by atoms with Crippen molar-refractivity contribution in [1.29, 1.82) is 0 Å². The fourth-order valence-corrected chi connectivity index (χ4v) is 2.30. The Hall–Kier alpha value is -0.880. The van der Waals surface area contributed by atoms with E-state index in [1.807, 2.05) is 25.6 Å². The van der Waals surface area contributed by atoms with Gasteiger partial charge in [0.2, 0.25) is 0 Å². The molecule has 6 heteroatoms. The summed E-state index contributed by atoms with van der Waals surface area (Å²) in [6.45, 7) is 9.28. The van der Waals surface area contributed by atoms with Crippen LogP contribution in [0.5, 0.6) is 0 Å². The largest absolute Gasteiger partial charge is 0.465 e. The van der Waals surface area contributed by atoms with Crippen molar-refractivity contribution in [2.45, 2.75) is 40.3 Å². The third-order valence-electron chi connectivity index (χ3n) is 2.98. The highest BCUT2D eigenvalue weighted by atomic mass is 79.9. The number of esters is 1. The number of ether oxygens (including phenoxy) is 1. The van der Waals surface area contributed by atoms with Crippen molar-refractivity contribution in [3.63, 3.8) is 0 Å². The van der Waals surface area contributed by atoms with Gasteiger partial charge in [-0.2, -0.15) is 5.10 Å². The minimum absolute atomic E-state index is 0.189. The molecule has 0 amide bonds. The molecule has 1 aromatic heterocycles. The second kappa shape index (κ2) is 7.05. The van der Waals surface area contributed by atoms with Crippen LogP contribution in [0.25, 0.3) is 0 Å². The van der Waals surface area contributed by atoms with Crippen molar-refractivity contribution in [1.82, 2.24) is 14.7 Å². The normalized spacial score (nSPS) is 11.4. The summed E-state index contributed by atoms with van der Waals surface area (Å²) in [6.07, 6.45) is 0. The third-order valence-corrected chi connectivity index (χ3v) is 4.01. The van der Waals surface area contributed by atoms with Crippen molar-refractivity contribution < 1.29 is 9.53 Å². The molecule has 5 nitrogen and oxygen atoms in total. The molecule has 0 N–H and O–H groups in total. The van der Waals surface area contributed by atoms with Crippen LogP contribution < -0.4 is 0 Å². The lowest BCUT2D eigenvalue weighted by Crippen LogP contribution is -2.36. The lowest BCUT2D eigenvalue weighted by molar-refractivity contribution is -0.145. The molecule has 0 bridgehead atoms. The first-order valence-corrected chi connectivity index (χ1v) is 7.23. The molecule has 0 radical (unpaired) electrons. The molecule has 0 atom stereocenters. The number of hydrogen-bond acceptors (Lipinski definition) is 4. The summed E-state index contributed by atoms with van der Waals surface area (Å²) in [6, 6.07) is 0.256. The highest BCUT2D eigenvalue weighted by molar-refractivity contribution is 9.10. The smallest absolute Gasteiger partial charge is 0.320 e. The van der Waals surface area contributed by atoms with E-state index in [-0.39, 0.29) is 12.0 Å². The molecule has 0 aromatic carbocycles. The molecule has 0 fully saturated rings. The van der Waals surface area contributed by atoms with Crippen molar-refractivity contribution in [3.05, 3.63) is 15.9 Å². The van der Waals surface area contributed by atoms with E-state index in [1.54, 1.807) is 0 Å². The number of halogens is 1.